The summed E-state index contributed by atoms with van der Waals surface area (Å²) in [6, 6.07) is 15.1. The third kappa shape index (κ3) is 3.65. The number of carbonyl (C=O) groups is 1. The van der Waals surface area contributed by atoms with Crippen LogP contribution in [0.2, 0.25) is 0 Å². The monoisotopic (exact) mass is 325 g/mol. The maximum Gasteiger partial charge on any atom is 0.284 e. The zero-order chi connectivity index (χ0) is 16.9. The van der Waals surface area contributed by atoms with Gasteiger partial charge in [-0.3, -0.25) is 4.79 Å². The van der Waals surface area contributed by atoms with E-state index >= 15 is 0 Å². The molecule has 3 rings (SSSR count). The molecule has 2 aromatic carbocycles. The summed E-state index contributed by atoms with van der Waals surface area (Å²) in [6.45, 7) is 0.163. The molecule has 1 heterocycles. The van der Waals surface area contributed by atoms with Crippen molar-refractivity contribution in [1.29, 1.82) is 0 Å². The van der Waals surface area contributed by atoms with Crippen molar-refractivity contribution < 1.29 is 14.3 Å². The summed E-state index contributed by atoms with van der Waals surface area (Å²) in [5, 5.41) is 3.97. The standard InChI is InChI=1S/C18H19N3O3/c1-21(2)14-9-7-13(8-10-14)11-19-20-18(22)17-12-23-15-5-3-4-6-16(15)24-17/h3-11,17H,12H2,1-2H3,(H,20,22)/b19-11-. The van der Waals surface area contributed by atoms with Gasteiger partial charge in [0.15, 0.2) is 11.5 Å². The fourth-order valence-electron chi connectivity index (χ4n) is 2.25. The van der Waals surface area contributed by atoms with E-state index in [4.69, 9.17) is 9.47 Å². The van der Waals surface area contributed by atoms with Crippen molar-refractivity contribution in [3.05, 3.63) is 54.1 Å². The first kappa shape index (κ1) is 15.9. The fourth-order valence-corrected chi connectivity index (χ4v) is 2.25. The second-order valence-electron chi connectivity index (χ2n) is 5.58. The van der Waals surface area contributed by atoms with E-state index in [2.05, 4.69) is 10.5 Å². The number of benzene rings is 2. The summed E-state index contributed by atoms with van der Waals surface area (Å²) >= 11 is 0. The Morgan fingerprint density at radius 1 is 1.17 bits per heavy atom. The maximum absolute atomic E-state index is 12.1. The van der Waals surface area contributed by atoms with Crippen molar-refractivity contribution in [3.63, 3.8) is 0 Å². The molecular formula is C18H19N3O3. The molecule has 2 aromatic rings. The zero-order valence-electron chi connectivity index (χ0n) is 13.6. The van der Waals surface area contributed by atoms with E-state index in [0.717, 1.165) is 11.3 Å². The Hall–Kier alpha value is -3.02. The van der Waals surface area contributed by atoms with Gasteiger partial charge in [0.25, 0.3) is 5.91 Å². The summed E-state index contributed by atoms with van der Waals surface area (Å²) in [5.41, 5.74) is 4.48. The van der Waals surface area contributed by atoms with Gasteiger partial charge >= 0.3 is 0 Å². The summed E-state index contributed by atoms with van der Waals surface area (Å²) in [5.74, 6) is 0.865. The molecule has 1 N–H and O–H groups in total. The largest absolute Gasteiger partial charge is 0.485 e. The van der Waals surface area contributed by atoms with Crippen LogP contribution in [0.5, 0.6) is 11.5 Å². The molecule has 0 aliphatic carbocycles. The predicted molar refractivity (Wildman–Crippen MR) is 92.9 cm³/mol. The van der Waals surface area contributed by atoms with Gasteiger partial charge in [0.1, 0.15) is 6.61 Å². The molecule has 0 bridgehead atoms. The summed E-state index contributed by atoms with van der Waals surface area (Å²) in [4.78, 5) is 14.1. The molecule has 0 spiro atoms. The lowest BCUT2D eigenvalue weighted by atomic mass is 10.2. The van der Waals surface area contributed by atoms with Crippen LogP contribution in [0.1, 0.15) is 5.56 Å². The number of rotatable bonds is 4. The van der Waals surface area contributed by atoms with Gasteiger partial charge in [-0.25, -0.2) is 5.43 Å². The van der Waals surface area contributed by atoms with Gasteiger partial charge in [0, 0.05) is 19.8 Å². The van der Waals surface area contributed by atoms with Gasteiger partial charge < -0.3 is 14.4 Å². The molecule has 0 saturated heterocycles. The van der Waals surface area contributed by atoms with Crippen LogP contribution in [-0.2, 0) is 4.79 Å². The number of anilines is 1. The molecule has 1 amide bonds. The average Bonchev–Trinajstić information content (AvgIpc) is 2.61. The Balaban J connectivity index is 1.56. The van der Waals surface area contributed by atoms with Crippen LogP contribution < -0.4 is 19.8 Å². The van der Waals surface area contributed by atoms with Gasteiger partial charge in [-0.05, 0) is 29.8 Å². The number of carbonyl (C=O) groups excluding carboxylic acids is 1. The van der Waals surface area contributed by atoms with E-state index in [9.17, 15) is 4.79 Å². The van der Waals surface area contributed by atoms with Crippen molar-refractivity contribution in [1.82, 2.24) is 5.43 Å². The van der Waals surface area contributed by atoms with Gasteiger partial charge in [-0.15, -0.1) is 0 Å². The topological polar surface area (TPSA) is 63.2 Å². The van der Waals surface area contributed by atoms with E-state index in [-0.39, 0.29) is 12.5 Å². The highest BCUT2D eigenvalue weighted by Gasteiger charge is 2.26. The van der Waals surface area contributed by atoms with Crippen molar-refractivity contribution in [2.24, 2.45) is 5.10 Å². The molecule has 0 radical (unpaired) electrons. The number of nitrogens with zero attached hydrogens (tertiary/aromatic N) is 2. The minimum atomic E-state index is -0.715. The van der Waals surface area contributed by atoms with Crippen LogP contribution in [0.15, 0.2) is 53.6 Å². The number of nitrogens with one attached hydrogen (secondary N) is 1. The van der Waals surface area contributed by atoms with E-state index in [1.54, 1.807) is 18.3 Å². The smallest absolute Gasteiger partial charge is 0.284 e. The Morgan fingerprint density at radius 2 is 1.88 bits per heavy atom. The fraction of sp³-hybridized carbons (Fsp3) is 0.222. The van der Waals surface area contributed by atoms with Crippen molar-refractivity contribution in [3.8, 4) is 11.5 Å². The Kier molecular flexibility index (Phi) is 4.65. The van der Waals surface area contributed by atoms with Crippen LogP contribution in [-0.4, -0.2) is 38.9 Å². The lowest BCUT2D eigenvalue weighted by Gasteiger charge is -2.24. The van der Waals surface area contributed by atoms with E-state index in [1.165, 1.54) is 0 Å². The normalized spacial score (nSPS) is 16.0. The molecule has 0 saturated carbocycles. The van der Waals surface area contributed by atoms with E-state index in [1.807, 2.05) is 55.4 Å². The number of hydrogen-bond acceptors (Lipinski definition) is 5. The Labute approximate surface area is 140 Å². The number of para-hydroxylation sites is 2. The third-order valence-corrected chi connectivity index (χ3v) is 3.60. The molecule has 1 aliphatic heterocycles. The summed E-state index contributed by atoms with van der Waals surface area (Å²) in [7, 11) is 3.96. The Morgan fingerprint density at radius 3 is 2.58 bits per heavy atom. The molecule has 1 unspecified atom stereocenters. The highest BCUT2D eigenvalue weighted by Crippen LogP contribution is 2.30. The maximum atomic E-state index is 12.1. The van der Waals surface area contributed by atoms with E-state index < -0.39 is 6.10 Å². The highest BCUT2D eigenvalue weighted by atomic mass is 16.6. The minimum absolute atomic E-state index is 0.163. The first-order valence-corrected chi connectivity index (χ1v) is 7.62. The van der Waals surface area contributed by atoms with Crippen LogP contribution in [0.4, 0.5) is 5.69 Å². The van der Waals surface area contributed by atoms with Gasteiger partial charge in [0.05, 0.1) is 6.21 Å². The second kappa shape index (κ2) is 7.04. The lowest BCUT2D eigenvalue weighted by molar-refractivity contribution is -0.130. The molecule has 6 nitrogen and oxygen atoms in total. The molecule has 124 valence electrons. The highest BCUT2D eigenvalue weighted by molar-refractivity contribution is 5.85. The zero-order valence-corrected chi connectivity index (χ0v) is 13.6. The minimum Gasteiger partial charge on any atom is -0.485 e. The number of hydrogen-bond donors (Lipinski definition) is 1. The van der Waals surface area contributed by atoms with Crippen molar-refractivity contribution in [2.75, 3.05) is 25.6 Å². The van der Waals surface area contributed by atoms with Crippen LogP contribution >= 0.6 is 0 Å². The van der Waals surface area contributed by atoms with Gasteiger partial charge in [-0.2, -0.15) is 5.10 Å². The summed E-state index contributed by atoms with van der Waals surface area (Å²) in [6.07, 6.45) is 0.878. The molecule has 24 heavy (non-hydrogen) atoms. The number of ether oxygens (including phenoxy) is 2. The van der Waals surface area contributed by atoms with E-state index in [0.29, 0.717) is 11.5 Å². The van der Waals surface area contributed by atoms with Crippen molar-refractivity contribution >= 4 is 17.8 Å². The SMILES string of the molecule is CN(C)c1ccc(/C=N\NC(=O)C2COc3ccccc3O2)cc1. The van der Waals surface area contributed by atoms with Crippen LogP contribution in [0.25, 0.3) is 0 Å². The molecular weight excluding hydrogens is 306 g/mol. The average molecular weight is 325 g/mol. The quantitative estimate of drug-likeness (QED) is 0.690. The molecule has 0 aromatic heterocycles. The molecule has 0 fully saturated rings. The number of hydrazone groups is 1. The first-order valence-electron chi connectivity index (χ1n) is 7.62. The molecule has 6 heteroatoms. The molecule has 1 aliphatic rings. The number of fused-ring (bicyclic) bond motifs is 1. The number of amides is 1. The first-order chi connectivity index (χ1) is 11.6. The summed E-state index contributed by atoms with van der Waals surface area (Å²) < 4.78 is 11.1. The third-order valence-electron chi connectivity index (χ3n) is 3.60. The molecule has 1 atom stereocenters. The van der Waals surface area contributed by atoms with Gasteiger partial charge in [-0.1, -0.05) is 24.3 Å². The second-order valence-corrected chi connectivity index (χ2v) is 5.58. The van der Waals surface area contributed by atoms with Crippen molar-refractivity contribution in [2.45, 2.75) is 6.10 Å². The Bertz CT molecular complexity index is 741. The predicted octanol–water partition coefficient (Wildman–Crippen LogP) is 2.04. The lowest BCUT2D eigenvalue weighted by Crippen LogP contribution is -2.42. The van der Waals surface area contributed by atoms with Crippen LogP contribution in [0.3, 0.4) is 0 Å². The van der Waals surface area contributed by atoms with Crippen LogP contribution in [0, 0.1) is 0 Å². The van der Waals surface area contributed by atoms with Gasteiger partial charge in [0.2, 0.25) is 6.10 Å².